The number of carbonyl (C=O) groups excluding carboxylic acids is 1. The molecule has 1 aliphatic rings. The van der Waals surface area contributed by atoms with Gasteiger partial charge in [-0.2, -0.15) is 0 Å². The number of hydrogen-bond acceptors (Lipinski definition) is 3. The summed E-state index contributed by atoms with van der Waals surface area (Å²) in [6.07, 6.45) is 2.66. The third kappa shape index (κ3) is 1.61. The van der Waals surface area contributed by atoms with E-state index in [1.807, 2.05) is 0 Å². The van der Waals surface area contributed by atoms with E-state index >= 15 is 0 Å². The highest BCUT2D eigenvalue weighted by atomic mass is 16.3. The molecule has 15 heavy (non-hydrogen) atoms. The van der Waals surface area contributed by atoms with E-state index in [0.717, 1.165) is 12.8 Å². The fourth-order valence-corrected chi connectivity index (χ4v) is 1.77. The smallest absolute Gasteiger partial charge is 0.275 e. The third-order valence-electron chi connectivity index (χ3n) is 2.63. The molecule has 4 nitrogen and oxygen atoms in total. The van der Waals surface area contributed by atoms with Crippen LogP contribution in [-0.4, -0.2) is 27.4 Å². The number of carbonyl (C=O) groups is 1. The lowest BCUT2D eigenvalue weighted by molar-refractivity contribution is 0.0171. The Balaban J connectivity index is 2.25. The first-order chi connectivity index (χ1) is 7.25. The van der Waals surface area contributed by atoms with Crippen molar-refractivity contribution in [3.05, 3.63) is 29.6 Å². The van der Waals surface area contributed by atoms with E-state index in [9.17, 15) is 9.90 Å². The largest absolute Gasteiger partial charge is 0.369 e. The molecule has 1 amide bonds. The van der Waals surface area contributed by atoms with Gasteiger partial charge >= 0.3 is 0 Å². The van der Waals surface area contributed by atoms with E-state index in [1.165, 1.54) is 4.90 Å². The third-order valence-corrected chi connectivity index (χ3v) is 2.63. The van der Waals surface area contributed by atoms with E-state index < -0.39 is 6.23 Å². The summed E-state index contributed by atoms with van der Waals surface area (Å²) in [6.45, 7) is 2.64. The number of fused-ring (bicyclic) bond motifs is 1. The fourth-order valence-electron chi connectivity index (χ4n) is 1.77. The molecule has 2 heterocycles. The zero-order valence-corrected chi connectivity index (χ0v) is 8.68. The van der Waals surface area contributed by atoms with Crippen molar-refractivity contribution >= 4 is 5.91 Å². The van der Waals surface area contributed by atoms with Crippen molar-refractivity contribution < 1.29 is 9.90 Å². The Hall–Kier alpha value is -1.42. The first-order valence-electron chi connectivity index (χ1n) is 5.19. The first-order valence-corrected chi connectivity index (χ1v) is 5.19. The molecule has 0 fully saturated rings. The van der Waals surface area contributed by atoms with Gasteiger partial charge in [-0.3, -0.25) is 9.78 Å². The van der Waals surface area contributed by atoms with Gasteiger partial charge in [-0.15, -0.1) is 0 Å². The highest BCUT2D eigenvalue weighted by molar-refractivity contribution is 5.96. The molecule has 1 unspecified atom stereocenters. The minimum Gasteiger partial charge on any atom is -0.369 e. The van der Waals surface area contributed by atoms with Crippen LogP contribution in [0.4, 0.5) is 0 Å². The van der Waals surface area contributed by atoms with Gasteiger partial charge < -0.3 is 10.0 Å². The van der Waals surface area contributed by atoms with Crippen molar-refractivity contribution in [2.45, 2.75) is 26.0 Å². The van der Waals surface area contributed by atoms with Crippen LogP contribution in [-0.2, 0) is 0 Å². The Bertz CT molecular complexity index is 379. The van der Waals surface area contributed by atoms with Crippen LogP contribution in [0.2, 0.25) is 0 Å². The number of amides is 1. The van der Waals surface area contributed by atoms with Gasteiger partial charge in [-0.25, -0.2) is 0 Å². The number of pyridine rings is 1. The number of aromatic nitrogens is 1. The highest BCUT2D eigenvalue weighted by Gasteiger charge is 2.35. The maximum atomic E-state index is 11.8. The van der Waals surface area contributed by atoms with Crippen LogP contribution in [0.1, 0.15) is 42.0 Å². The summed E-state index contributed by atoms with van der Waals surface area (Å²) in [5.41, 5.74) is 1.01. The van der Waals surface area contributed by atoms with E-state index in [-0.39, 0.29) is 5.91 Å². The fraction of sp³-hybridized carbons (Fsp3) is 0.455. The van der Waals surface area contributed by atoms with E-state index in [2.05, 4.69) is 11.9 Å². The van der Waals surface area contributed by atoms with Crippen molar-refractivity contribution in [1.29, 1.82) is 0 Å². The van der Waals surface area contributed by atoms with Gasteiger partial charge in [0.25, 0.3) is 5.91 Å². The summed E-state index contributed by atoms with van der Waals surface area (Å²) in [6, 6.07) is 3.48. The van der Waals surface area contributed by atoms with Crippen molar-refractivity contribution in [3.8, 4) is 0 Å². The summed E-state index contributed by atoms with van der Waals surface area (Å²) in [5, 5.41) is 9.90. The molecule has 0 bridgehead atoms. The number of unbranched alkanes of at least 4 members (excludes halogenated alkanes) is 1. The van der Waals surface area contributed by atoms with Crippen LogP contribution >= 0.6 is 0 Å². The van der Waals surface area contributed by atoms with Gasteiger partial charge in [0.1, 0.15) is 5.69 Å². The second-order valence-electron chi connectivity index (χ2n) is 3.67. The minimum absolute atomic E-state index is 0.161. The number of aliphatic hydroxyl groups excluding tert-OH is 1. The van der Waals surface area contributed by atoms with Crippen molar-refractivity contribution in [3.63, 3.8) is 0 Å². The van der Waals surface area contributed by atoms with Gasteiger partial charge in [0.2, 0.25) is 0 Å². The molecule has 0 saturated heterocycles. The van der Waals surface area contributed by atoms with Crippen molar-refractivity contribution in [2.24, 2.45) is 0 Å². The molecule has 0 spiro atoms. The summed E-state index contributed by atoms with van der Waals surface area (Å²) in [5.74, 6) is -0.161. The summed E-state index contributed by atoms with van der Waals surface area (Å²) < 4.78 is 0. The monoisotopic (exact) mass is 206 g/mol. The lowest BCUT2D eigenvalue weighted by Gasteiger charge is -2.19. The van der Waals surface area contributed by atoms with Crippen molar-refractivity contribution in [1.82, 2.24) is 9.88 Å². The number of rotatable bonds is 3. The molecule has 2 rings (SSSR count). The molecule has 1 aromatic heterocycles. The average Bonchev–Trinajstić information content (AvgIpc) is 2.51. The highest BCUT2D eigenvalue weighted by Crippen LogP contribution is 2.29. The van der Waals surface area contributed by atoms with Crippen LogP contribution in [0, 0.1) is 0 Å². The Kier molecular flexibility index (Phi) is 2.68. The zero-order chi connectivity index (χ0) is 10.8. The summed E-state index contributed by atoms with van der Waals surface area (Å²) >= 11 is 0. The Morgan fingerprint density at radius 2 is 2.40 bits per heavy atom. The van der Waals surface area contributed by atoms with Crippen LogP contribution in [0.25, 0.3) is 0 Å². The Morgan fingerprint density at radius 1 is 1.60 bits per heavy atom. The van der Waals surface area contributed by atoms with Gasteiger partial charge in [0, 0.05) is 18.3 Å². The normalized spacial score (nSPS) is 19.5. The van der Waals surface area contributed by atoms with Crippen LogP contribution in [0.15, 0.2) is 18.3 Å². The molecule has 0 saturated carbocycles. The Labute approximate surface area is 88.6 Å². The van der Waals surface area contributed by atoms with Gasteiger partial charge in [0.05, 0.1) is 0 Å². The SMILES string of the molecule is CCCCN1C(=O)c2ncccc2C1O. The molecule has 0 aliphatic carbocycles. The number of aliphatic hydroxyl groups is 1. The van der Waals surface area contributed by atoms with Crippen LogP contribution < -0.4 is 0 Å². The van der Waals surface area contributed by atoms with Crippen molar-refractivity contribution in [2.75, 3.05) is 6.54 Å². The molecule has 80 valence electrons. The summed E-state index contributed by atoms with van der Waals surface area (Å²) in [7, 11) is 0. The van der Waals surface area contributed by atoms with Gasteiger partial charge in [-0.05, 0) is 12.5 Å². The number of nitrogens with zero attached hydrogens (tertiary/aromatic N) is 2. The molecule has 1 N–H and O–H groups in total. The molecule has 0 aromatic carbocycles. The van der Waals surface area contributed by atoms with Crippen LogP contribution in [0.5, 0.6) is 0 Å². The van der Waals surface area contributed by atoms with Crippen LogP contribution in [0.3, 0.4) is 0 Å². The second kappa shape index (κ2) is 3.98. The molecule has 0 radical (unpaired) electrons. The topological polar surface area (TPSA) is 53.4 Å². The molecule has 1 aliphatic heterocycles. The quantitative estimate of drug-likeness (QED) is 0.811. The minimum atomic E-state index is -0.812. The first kappa shape index (κ1) is 10.1. The molecular weight excluding hydrogens is 192 g/mol. The second-order valence-corrected chi connectivity index (χ2v) is 3.67. The van der Waals surface area contributed by atoms with Gasteiger partial charge in [0.15, 0.2) is 6.23 Å². The molecular formula is C11H14N2O2. The molecule has 1 atom stereocenters. The van der Waals surface area contributed by atoms with E-state index in [0.29, 0.717) is 17.8 Å². The Morgan fingerprint density at radius 3 is 3.07 bits per heavy atom. The zero-order valence-electron chi connectivity index (χ0n) is 8.68. The maximum absolute atomic E-state index is 11.8. The average molecular weight is 206 g/mol. The predicted octanol–water partition coefficient (Wildman–Crippen LogP) is 1.33. The lowest BCUT2D eigenvalue weighted by Crippen LogP contribution is -2.29. The van der Waals surface area contributed by atoms with Gasteiger partial charge in [-0.1, -0.05) is 19.4 Å². The predicted molar refractivity (Wildman–Crippen MR) is 55.1 cm³/mol. The molecule has 1 aromatic rings. The van der Waals surface area contributed by atoms with E-state index in [1.54, 1.807) is 18.3 Å². The van der Waals surface area contributed by atoms with E-state index in [4.69, 9.17) is 0 Å². The standard InChI is InChI=1S/C11H14N2O2/c1-2-3-7-13-10(14)8-5-4-6-12-9(8)11(13)15/h4-6,10,14H,2-3,7H2,1H3. The number of hydrogen-bond donors (Lipinski definition) is 1. The molecule has 4 heteroatoms. The lowest BCUT2D eigenvalue weighted by atomic mass is 10.2. The summed E-state index contributed by atoms with van der Waals surface area (Å²) in [4.78, 5) is 17.3. The maximum Gasteiger partial charge on any atom is 0.275 e.